The molecule has 2 fully saturated rings. The molecule has 7 nitrogen and oxygen atoms in total. The maximum Gasteiger partial charge on any atom is 0.331 e. The fourth-order valence-corrected chi connectivity index (χ4v) is 7.84. The van der Waals surface area contributed by atoms with Crippen LogP contribution in [-0.2, 0) is 23.9 Å². The van der Waals surface area contributed by atoms with E-state index in [9.17, 15) is 24.6 Å². The summed E-state index contributed by atoms with van der Waals surface area (Å²) in [7, 11) is 0. The standard InChI is InChI=1S/C34H46O7/c1-8-9-10-11-12-13-14-15-27(36)40-30-22(5)33(39)25-16-21(4)28(37)24(25)17-23(19-35)18-26(33)29-32(6,7)34(29,30)41-31(38)20(2)3/h9-10,12-16,18,20,22,24-26,29-30,35,39H,8,11,17,19H2,1-7H3. The SMILES string of the molecule is CCC=CCC=CC=CC(=O)OC1C(C)C2(O)C3C=C(C)C(=O)C3CC(CO)=CC2C2C(C)(C)C12OC(=O)C(C)C. The van der Waals surface area contributed by atoms with Crippen molar-refractivity contribution in [1.29, 1.82) is 0 Å². The molecule has 2 N–H and O–H groups in total. The number of carbonyl (C=O) groups is 3. The second-order valence-corrected chi connectivity index (χ2v) is 13.1. The highest BCUT2D eigenvalue weighted by atomic mass is 16.6. The van der Waals surface area contributed by atoms with Crippen LogP contribution in [0.25, 0.3) is 0 Å². The van der Waals surface area contributed by atoms with Gasteiger partial charge in [0.25, 0.3) is 0 Å². The van der Waals surface area contributed by atoms with Gasteiger partial charge < -0.3 is 19.7 Å². The number of rotatable bonds is 9. The van der Waals surface area contributed by atoms with Gasteiger partial charge in [-0.05, 0) is 37.3 Å². The molecule has 0 radical (unpaired) electrons. The van der Waals surface area contributed by atoms with Crippen molar-refractivity contribution in [3.8, 4) is 0 Å². The minimum Gasteiger partial charge on any atom is -0.455 e. The quantitative estimate of drug-likeness (QED) is 0.174. The maximum atomic E-state index is 13.2. The molecule has 7 heteroatoms. The fourth-order valence-electron chi connectivity index (χ4n) is 7.84. The first-order chi connectivity index (χ1) is 19.3. The molecule has 0 spiro atoms. The molecule has 0 bridgehead atoms. The van der Waals surface area contributed by atoms with Gasteiger partial charge in [0.2, 0.25) is 0 Å². The minimum atomic E-state index is -1.47. The molecule has 0 amide bonds. The molecule has 0 aromatic rings. The van der Waals surface area contributed by atoms with E-state index < -0.39 is 70.2 Å². The predicted molar refractivity (Wildman–Crippen MR) is 156 cm³/mol. The molecule has 0 heterocycles. The average Bonchev–Trinajstić information content (AvgIpc) is 3.32. The highest BCUT2D eigenvalue weighted by molar-refractivity contribution is 6.00. The zero-order chi connectivity index (χ0) is 30.3. The van der Waals surface area contributed by atoms with E-state index in [4.69, 9.17) is 9.47 Å². The molecule has 4 aliphatic carbocycles. The van der Waals surface area contributed by atoms with Crippen molar-refractivity contribution >= 4 is 17.7 Å². The number of aliphatic hydroxyl groups is 2. The number of allylic oxidation sites excluding steroid dienone is 6. The molecule has 4 aliphatic rings. The van der Waals surface area contributed by atoms with Crippen LogP contribution in [0.3, 0.4) is 0 Å². The van der Waals surface area contributed by atoms with Crippen LogP contribution in [0.15, 0.2) is 59.8 Å². The number of carbonyl (C=O) groups excluding carboxylic acids is 3. The molecule has 4 rings (SSSR count). The van der Waals surface area contributed by atoms with Gasteiger partial charge in [-0.3, -0.25) is 9.59 Å². The molecule has 8 atom stereocenters. The van der Waals surface area contributed by atoms with E-state index in [1.807, 2.05) is 45.1 Å². The van der Waals surface area contributed by atoms with Gasteiger partial charge in [-0.25, -0.2) is 4.79 Å². The van der Waals surface area contributed by atoms with Crippen LogP contribution >= 0.6 is 0 Å². The second-order valence-electron chi connectivity index (χ2n) is 13.1. The summed E-state index contributed by atoms with van der Waals surface area (Å²) in [5.41, 5.74) is -2.02. The lowest BCUT2D eigenvalue weighted by atomic mass is 9.60. The lowest BCUT2D eigenvalue weighted by Crippen LogP contribution is -2.63. The molecule has 8 unspecified atom stereocenters. The van der Waals surface area contributed by atoms with Gasteiger partial charge in [0.05, 0.1) is 18.1 Å². The monoisotopic (exact) mass is 566 g/mol. The predicted octanol–water partition coefficient (Wildman–Crippen LogP) is 5.04. The molecular formula is C34H46O7. The summed E-state index contributed by atoms with van der Waals surface area (Å²) in [6.45, 7) is 12.9. The van der Waals surface area contributed by atoms with Gasteiger partial charge >= 0.3 is 11.9 Å². The lowest BCUT2D eigenvalue weighted by molar-refractivity contribution is -0.219. The van der Waals surface area contributed by atoms with Crippen molar-refractivity contribution in [2.45, 2.75) is 85.0 Å². The Labute approximate surface area is 244 Å². The Morgan fingerprint density at radius 3 is 2.46 bits per heavy atom. The summed E-state index contributed by atoms with van der Waals surface area (Å²) >= 11 is 0. The van der Waals surface area contributed by atoms with Crippen LogP contribution in [0.4, 0.5) is 0 Å². The summed E-state index contributed by atoms with van der Waals surface area (Å²) < 4.78 is 12.5. The van der Waals surface area contributed by atoms with Crippen molar-refractivity contribution < 1.29 is 34.1 Å². The first-order valence-corrected chi connectivity index (χ1v) is 15.0. The van der Waals surface area contributed by atoms with Gasteiger partial charge in [0.15, 0.2) is 11.4 Å². The van der Waals surface area contributed by atoms with Gasteiger partial charge in [0, 0.05) is 41.1 Å². The molecule has 0 aromatic carbocycles. The Kier molecular flexibility index (Phi) is 8.73. The number of ketones is 1. The second kappa shape index (κ2) is 11.5. The van der Waals surface area contributed by atoms with Crippen LogP contribution in [0.2, 0.25) is 0 Å². The summed E-state index contributed by atoms with van der Waals surface area (Å²) in [5, 5.41) is 23.0. The summed E-state index contributed by atoms with van der Waals surface area (Å²) in [6, 6.07) is 0. The number of fused-ring (bicyclic) bond motifs is 5. The van der Waals surface area contributed by atoms with Crippen LogP contribution in [0, 0.1) is 40.9 Å². The Morgan fingerprint density at radius 1 is 1.12 bits per heavy atom. The van der Waals surface area contributed by atoms with Crippen molar-refractivity contribution in [3.05, 3.63) is 59.8 Å². The van der Waals surface area contributed by atoms with E-state index in [0.717, 1.165) is 12.8 Å². The molecule has 2 saturated carbocycles. The normalized spacial score (nSPS) is 37.5. The smallest absolute Gasteiger partial charge is 0.331 e. The van der Waals surface area contributed by atoms with Gasteiger partial charge in [-0.15, -0.1) is 0 Å². The number of Topliss-reactive ketones (excluding diaryl/α,β-unsaturated/α-hetero) is 1. The Balaban J connectivity index is 1.77. The van der Waals surface area contributed by atoms with Crippen molar-refractivity contribution in [1.82, 2.24) is 0 Å². The molecule has 224 valence electrons. The van der Waals surface area contributed by atoms with Crippen molar-refractivity contribution in [2.75, 3.05) is 6.61 Å². The highest BCUT2D eigenvalue weighted by Gasteiger charge is 2.87. The van der Waals surface area contributed by atoms with Crippen LogP contribution in [-0.4, -0.2) is 51.8 Å². The van der Waals surface area contributed by atoms with Crippen LogP contribution in [0.5, 0.6) is 0 Å². The first-order valence-electron chi connectivity index (χ1n) is 15.0. The van der Waals surface area contributed by atoms with E-state index in [1.54, 1.807) is 32.9 Å². The number of aliphatic hydroxyl groups excluding tert-OH is 1. The van der Waals surface area contributed by atoms with Crippen LogP contribution < -0.4 is 0 Å². The summed E-state index contributed by atoms with van der Waals surface area (Å²) in [6.07, 6.45) is 15.7. The van der Waals surface area contributed by atoms with Crippen molar-refractivity contribution in [2.24, 2.45) is 40.9 Å². The van der Waals surface area contributed by atoms with E-state index in [-0.39, 0.29) is 12.4 Å². The Hall–Kier alpha value is -2.77. The Bertz CT molecular complexity index is 1220. The largest absolute Gasteiger partial charge is 0.455 e. The number of ether oxygens (including phenoxy) is 2. The molecule has 41 heavy (non-hydrogen) atoms. The first kappa shape index (κ1) is 31.2. The third-order valence-electron chi connectivity index (χ3n) is 10.0. The topological polar surface area (TPSA) is 110 Å². The number of hydrogen-bond donors (Lipinski definition) is 2. The lowest BCUT2D eigenvalue weighted by Gasteiger charge is -2.52. The van der Waals surface area contributed by atoms with Crippen molar-refractivity contribution in [3.63, 3.8) is 0 Å². The molecule has 0 saturated heterocycles. The third kappa shape index (κ3) is 4.99. The zero-order valence-corrected chi connectivity index (χ0v) is 25.4. The number of esters is 2. The van der Waals surface area contributed by atoms with E-state index in [2.05, 4.69) is 13.0 Å². The van der Waals surface area contributed by atoms with E-state index in [0.29, 0.717) is 17.6 Å². The minimum absolute atomic E-state index is 0.0363. The van der Waals surface area contributed by atoms with Crippen LogP contribution in [0.1, 0.15) is 67.7 Å². The molecule has 0 aliphatic heterocycles. The van der Waals surface area contributed by atoms with E-state index >= 15 is 0 Å². The molecule has 0 aromatic heterocycles. The average molecular weight is 567 g/mol. The summed E-state index contributed by atoms with van der Waals surface area (Å²) in [4.78, 5) is 39.5. The fraction of sp³-hybridized carbons (Fsp3) is 0.618. The maximum absolute atomic E-state index is 13.2. The van der Waals surface area contributed by atoms with Gasteiger partial charge in [0.1, 0.15) is 6.10 Å². The van der Waals surface area contributed by atoms with Gasteiger partial charge in [-0.2, -0.15) is 0 Å². The zero-order valence-electron chi connectivity index (χ0n) is 25.4. The highest BCUT2D eigenvalue weighted by Crippen LogP contribution is 2.77. The van der Waals surface area contributed by atoms with Gasteiger partial charge in [-0.1, -0.05) is 84.1 Å². The number of hydrogen-bond acceptors (Lipinski definition) is 7. The third-order valence-corrected chi connectivity index (χ3v) is 10.0. The Morgan fingerprint density at radius 2 is 1.83 bits per heavy atom. The molecular weight excluding hydrogens is 520 g/mol. The summed E-state index contributed by atoms with van der Waals surface area (Å²) in [5.74, 6) is -4.07. The van der Waals surface area contributed by atoms with E-state index in [1.165, 1.54) is 6.08 Å².